The SMILES string of the molecule is C=CCSCCNCc1ccc(F)cc1F. The summed E-state index contributed by atoms with van der Waals surface area (Å²) in [4.78, 5) is 0. The van der Waals surface area contributed by atoms with Crippen LogP contribution in [0, 0.1) is 11.6 Å². The van der Waals surface area contributed by atoms with Crippen LogP contribution in [-0.2, 0) is 6.54 Å². The highest BCUT2D eigenvalue weighted by Crippen LogP contribution is 2.09. The van der Waals surface area contributed by atoms with E-state index in [1.807, 2.05) is 6.08 Å². The zero-order valence-corrected chi connectivity index (χ0v) is 9.83. The molecule has 0 radical (unpaired) electrons. The van der Waals surface area contributed by atoms with Gasteiger partial charge in [-0.2, -0.15) is 11.8 Å². The lowest BCUT2D eigenvalue weighted by molar-refractivity contribution is 0.563. The summed E-state index contributed by atoms with van der Waals surface area (Å²) in [7, 11) is 0. The topological polar surface area (TPSA) is 12.0 Å². The highest BCUT2D eigenvalue weighted by molar-refractivity contribution is 7.99. The molecule has 0 unspecified atom stereocenters. The summed E-state index contributed by atoms with van der Waals surface area (Å²) in [6.07, 6.45) is 1.85. The first kappa shape index (κ1) is 13.2. The summed E-state index contributed by atoms with van der Waals surface area (Å²) in [6, 6.07) is 3.64. The fourth-order valence-electron chi connectivity index (χ4n) is 1.20. The highest BCUT2D eigenvalue weighted by Gasteiger charge is 2.02. The zero-order chi connectivity index (χ0) is 11.8. The normalized spacial score (nSPS) is 10.4. The first-order chi connectivity index (χ1) is 7.74. The molecule has 1 rings (SSSR count). The molecule has 0 aliphatic carbocycles. The molecular weight excluding hydrogens is 228 g/mol. The lowest BCUT2D eigenvalue weighted by Gasteiger charge is -2.05. The van der Waals surface area contributed by atoms with Crippen LogP contribution < -0.4 is 5.32 Å². The van der Waals surface area contributed by atoms with Crippen LogP contribution in [0.3, 0.4) is 0 Å². The van der Waals surface area contributed by atoms with Gasteiger partial charge in [0.1, 0.15) is 11.6 Å². The molecule has 1 aromatic rings. The number of hydrogen-bond donors (Lipinski definition) is 1. The molecule has 0 atom stereocenters. The van der Waals surface area contributed by atoms with Gasteiger partial charge in [0.25, 0.3) is 0 Å². The van der Waals surface area contributed by atoms with Crippen molar-refractivity contribution in [2.45, 2.75) is 6.54 Å². The van der Waals surface area contributed by atoms with Crippen LogP contribution in [0.1, 0.15) is 5.56 Å². The smallest absolute Gasteiger partial charge is 0.130 e. The Labute approximate surface area is 98.9 Å². The van der Waals surface area contributed by atoms with Crippen molar-refractivity contribution in [1.82, 2.24) is 5.32 Å². The fourth-order valence-corrected chi connectivity index (χ4v) is 1.82. The largest absolute Gasteiger partial charge is 0.312 e. The van der Waals surface area contributed by atoms with Gasteiger partial charge < -0.3 is 5.32 Å². The molecule has 0 aliphatic rings. The molecule has 1 aromatic carbocycles. The van der Waals surface area contributed by atoms with E-state index in [-0.39, 0.29) is 0 Å². The minimum Gasteiger partial charge on any atom is -0.312 e. The lowest BCUT2D eigenvalue weighted by Crippen LogP contribution is -2.17. The molecule has 1 N–H and O–H groups in total. The van der Waals surface area contributed by atoms with Crippen LogP contribution in [0.15, 0.2) is 30.9 Å². The van der Waals surface area contributed by atoms with Gasteiger partial charge in [-0.05, 0) is 6.07 Å². The second kappa shape index (κ2) is 7.41. The fraction of sp³-hybridized carbons (Fsp3) is 0.333. The Morgan fingerprint density at radius 2 is 2.19 bits per heavy atom. The van der Waals surface area contributed by atoms with E-state index >= 15 is 0 Å². The van der Waals surface area contributed by atoms with E-state index in [9.17, 15) is 8.78 Å². The minimum atomic E-state index is -0.539. The molecule has 88 valence electrons. The van der Waals surface area contributed by atoms with Crippen molar-refractivity contribution in [1.29, 1.82) is 0 Å². The Hall–Kier alpha value is -0.870. The third kappa shape index (κ3) is 4.77. The molecule has 0 fully saturated rings. The monoisotopic (exact) mass is 243 g/mol. The van der Waals surface area contributed by atoms with Gasteiger partial charge >= 0.3 is 0 Å². The predicted octanol–water partition coefficient (Wildman–Crippen LogP) is 2.97. The Kier molecular flexibility index (Phi) is 6.11. The van der Waals surface area contributed by atoms with E-state index in [1.54, 1.807) is 11.8 Å². The molecule has 4 heteroatoms. The number of nitrogens with one attached hydrogen (secondary N) is 1. The maximum atomic E-state index is 13.2. The van der Waals surface area contributed by atoms with Gasteiger partial charge in [0, 0.05) is 36.2 Å². The first-order valence-electron chi connectivity index (χ1n) is 5.07. The van der Waals surface area contributed by atoms with Gasteiger partial charge in [0.15, 0.2) is 0 Å². The maximum absolute atomic E-state index is 13.2. The maximum Gasteiger partial charge on any atom is 0.130 e. The molecule has 0 saturated heterocycles. The van der Waals surface area contributed by atoms with Crippen LogP contribution in [0.5, 0.6) is 0 Å². The van der Waals surface area contributed by atoms with Gasteiger partial charge in [-0.15, -0.1) is 6.58 Å². The summed E-state index contributed by atoms with van der Waals surface area (Å²) in [5, 5.41) is 3.10. The Morgan fingerprint density at radius 3 is 2.88 bits per heavy atom. The van der Waals surface area contributed by atoms with Crippen molar-refractivity contribution >= 4 is 11.8 Å². The van der Waals surface area contributed by atoms with E-state index in [2.05, 4.69) is 11.9 Å². The molecule has 0 spiro atoms. The summed E-state index contributed by atoms with van der Waals surface area (Å²) in [5.41, 5.74) is 0.495. The molecule has 0 aromatic heterocycles. The number of rotatable bonds is 7. The zero-order valence-electron chi connectivity index (χ0n) is 9.01. The summed E-state index contributed by atoms with van der Waals surface area (Å²) >= 11 is 1.76. The second-order valence-corrected chi connectivity index (χ2v) is 4.43. The van der Waals surface area contributed by atoms with E-state index in [4.69, 9.17) is 0 Å². The molecular formula is C12H15F2NS. The van der Waals surface area contributed by atoms with Gasteiger partial charge in [0.05, 0.1) is 0 Å². The van der Waals surface area contributed by atoms with E-state index in [0.717, 1.165) is 24.1 Å². The summed E-state index contributed by atoms with van der Waals surface area (Å²) in [6.45, 7) is 4.85. The van der Waals surface area contributed by atoms with Crippen molar-refractivity contribution < 1.29 is 8.78 Å². The van der Waals surface area contributed by atoms with Crippen molar-refractivity contribution in [2.75, 3.05) is 18.1 Å². The van der Waals surface area contributed by atoms with Crippen molar-refractivity contribution in [3.8, 4) is 0 Å². The lowest BCUT2D eigenvalue weighted by atomic mass is 10.2. The van der Waals surface area contributed by atoms with Crippen molar-refractivity contribution in [3.63, 3.8) is 0 Å². The summed E-state index contributed by atoms with van der Waals surface area (Å²) in [5.74, 6) is 0.843. The van der Waals surface area contributed by atoms with Gasteiger partial charge in [0.2, 0.25) is 0 Å². The quantitative estimate of drug-likeness (QED) is 0.583. The predicted molar refractivity (Wildman–Crippen MR) is 65.6 cm³/mol. The van der Waals surface area contributed by atoms with Gasteiger partial charge in [-0.25, -0.2) is 8.78 Å². The van der Waals surface area contributed by atoms with Crippen molar-refractivity contribution in [3.05, 3.63) is 48.1 Å². The number of hydrogen-bond acceptors (Lipinski definition) is 2. The first-order valence-corrected chi connectivity index (χ1v) is 6.23. The second-order valence-electron chi connectivity index (χ2n) is 3.28. The van der Waals surface area contributed by atoms with Gasteiger partial charge in [-0.3, -0.25) is 0 Å². The molecule has 0 aliphatic heterocycles. The number of benzene rings is 1. The summed E-state index contributed by atoms with van der Waals surface area (Å²) < 4.78 is 25.8. The molecule has 0 saturated carbocycles. The van der Waals surface area contributed by atoms with E-state index < -0.39 is 11.6 Å². The third-order valence-electron chi connectivity index (χ3n) is 1.99. The van der Waals surface area contributed by atoms with E-state index in [1.165, 1.54) is 12.1 Å². The van der Waals surface area contributed by atoms with Crippen LogP contribution in [0.2, 0.25) is 0 Å². The minimum absolute atomic E-state index is 0.431. The average Bonchev–Trinajstić information content (AvgIpc) is 2.26. The third-order valence-corrected chi connectivity index (χ3v) is 2.95. The van der Waals surface area contributed by atoms with Crippen molar-refractivity contribution in [2.24, 2.45) is 0 Å². The molecule has 0 bridgehead atoms. The highest BCUT2D eigenvalue weighted by atomic mass is 32.2. The Morgan fingerprint density at radius 1 is 1.38 bits per heavy atom. The van der Waals surface area contributed by atoms with Crippen LogP contribution >= 0.6 is 11.8 Å². The standard InChI is InChI=1S/C12H15F2NS/c1-2-6-16-7-5-15-9-10-3-4-11(13)8-12(10)14/h2-4,8,15H,1,5-7,9H2. The van der Waals surface area contributed by atoms with Crippen LogP contribution in [0.4, 0.5) is 8.78 Å². The molecule has 1 nitrogen and oxygen atoms in total. The van der Waals surface area contributed by atoms with Gasteiger partial charge in [-0.1, -0.05) is 12.1 Å². The molecule has 0 amide bonds. The number of halogens is 2. The average molecular weight is 243 g/mol. The Bertz CT molecular complexity index is 342. The molecule has 16 heavy (non-hydrogen) atoms. The van der Waals surface area contributed by atoms with Crippen LogP contribution in [0.25, 0.3) is 0 Å². The molecule has 0 heterocycles. The van der Waals surface area contributed by atoms with Crippen LogP contribution in [-0.4, -0.2) is 18.1 Å². The number of thioether (sulfide) groups is 1. The van der Waals surface area contributed by atoms with E-state index in [0.29, 0.717) is 12.1 Å². The Balaban J connectivity index is 2.24.